The van der Waals surface area contributed by atoms with E-state index in [1.807, 2.05) is 0 Å². The van der Waals surface area contributed by atoms with E-state index >= 15 is 0 Å². The minimum atomic E-state index is 0.736. The van der Waals surface area contributed by atoms with Crippen molar-refractivity contribution in [3.63, 3.8) is 0 Å². The summed E-state index contributed by atoms with van der Waals surface area (Å²) in [6.45, 7) is 4.99. The fraction of sp³-hybridized carbons (Fsp3) is 0.412. The molecule has 4 nitrogen and oxygen atoms in total. The van der Waals surface area contributed by atoms with Gasteiger partial charge < -0.3 is 0 Å². The number of imidazole rings is 1. The zero-order valence-corrected chi connectivity index (χ0v) is 12.8. The van der Waals surface area contributed by atoms with Gasteiger partial charge in [-0.1, -0.05) is 37.3 Å². The maximum Gasteiger partial charge on any atom is 0.128 e. The fourth-order valence-electron chi connectivity index (χ4n) is 2.71. The van der Waals surface area contributed by atoms with Gasteiger partial charge in [0.05, 0.1) is 17.9 Å². The SMILES string of the molecule is CCCc1nc(C)c2n1NC(CCc1ccccc1)=NC2. The van der Waals surface area contributed by atoms with Gasteiger partial charge in [0.2, 0.25) is 0 Å². The number of hydrogen-bond acceptors (Lipinski definition) is 3. The van der Waals surface area contributed by atoms with E-state index in [9.17, 15) is 0 Å². The van der Waals surface area contributed by atoms with Gasteiger partial charge in [-0.15, -0.1) is 0 Å². The Morgan fingerprint density at radius 2 is 1.95 bits per heavy atom. The molecule has 0 aliphatic carbocycles. The smallest absolute Gasteiger partial charge is 0.128 e. The summed E-state index contributed by atoms with van der Waals surface area (Å²) in [6, 6.07) is 10.6. The van der Waals surface area contributed by atoms with Gasteiger partial charge in [-0.2, -0.15) is 0 Å². The molecular weight excluding hydrogens is 260 g/mol. The van der Waals surface area contributed by atoms with E-state index in [2.05, 4.69) is 64.3 Å². The molecule has 1 aliphatic heterocycles. The van der Waals surface area contributed by atoms with Crippen LogP contribution in [0.2, 0.25) is 0 Å². The van der Waals surface area contributed by atoms with Gasteiger partial charge in [-0.25, -0.2) is 9.66 Å². The molecule has 1 aromatic heterocycles. The number of nitrogens with zero attached hydrogens (tertiary/aromatic N) is 3. The fourth-order valence-corrected chi connectivity index (χ4v) is 2.71. The lowest BCUT2D eigenvalue weighted by atomic mass is 10.1. The minimum Gasteiger partial charge on any atom is -0.280 e. The topological polar surface area (TPSA) is 42.2 Å². The van der Waals surface area contributed by atoms with Gasteiger partial charge in [-0.3, -0.25) is 10.4 Å². The van der Waals surface area contributed by atoms with Crippen molar-refractivity contribution in [1.82, 2.24) is 9.66 Å². The van der Waals surface area contributed by atoms with Crippen LogP contribution in [0, 0.1) is 6.92 Å². The second-order valence-corrected chi connectivity index (χ2v) is 5.51. The molecule has 110 valence electrons. The van der Waals surface area contributed by atoms with Gasteiger partial charge in [-0.05, 0) is 25.3 Å². The van der Waals surface area contributed by atoms with Crippen molar-refractivity contribution in [1.29, 1.82) is 0 Å². The van der Waals surface area contributed by atoms with Gasteiger partial charge in [0, 0.05) is 12.8 Å². The van der Waals surface area contributed by atoms with E-state index in [4.69, 9.17) is 0 Å². The Morgan fingerprint density at radius 3 is 2.71 bits per heavy atom. The van der Waals surface area contributed by atoms with Crippen LogP contribution in [0.15, 0.2) is 35.3 Å². The van der Waals surface area contributed by atoms with Crippen LogP contribution >= 0.6 is 0 Å². The molecule has 4 heteroatoms. The molecule has 1 aromatic carbocycles. The highest BCUT2D eigenvalue weighted by molar-refractivity contribution is 5.90. The number of fused-ring (bicyclic) bond motifs is 1. The second kappa shape index (κ2) is 6.12. The van der Waals surface area contributed by atoms with Crippen LogP contribution in [0.1, 0.15) is 42.5 Å². The standard InChI is InChI=1S/C17H22N4/c1-3-7-17-19-13(2)15-12-18-16(20-21(15)17)11-10-14-8-5-4-6-9-14/h4-6,8-9H,3,7,10-12H2,1-2H3,(H,18,20). The number of nitrogens with one attached hydrogen (secondary N) is 1. The summed E-state index contributed by atoms with van der Waals surface area (Å²) in [5.74, 6) is 2.18. The maximum atomic E-state index is 4.66. The summed E-state index contributed by atoms with van der Waals surface area (Å²) >= 11 is 0. The van der Waals surface area contributed by atoms with Crippen molar-refractivity contribution in [2.24, 2.45) is 4.99 Å². The monoisotopic (exact) mass is 282 g/mol. The molecule has 0 unspecified atom stereocenters. The number of aromatic nitrogens is 2. The van der Waals surface area contributed by atoms with Crippen molar-refractivity contribution in [2.45, 2.75) is 46.1 Å². The second-order valence-electron chi connectivity index (χ2n) is 5.51. The molecule has 1 aliphatic rings. The Morgan fingerprint density at radius 1 is 1.14 bits per heavy atom. The van der Waals surface area contributed by atoms with Crippen LogP contribution in [0.4, 0.5) is 0 Å². The molecule has 1 N–H and O–H groups in total. The number of hydrogen-bond donors (Lipinski definition) is 1. The van der Waals surface area contributed by atoms with Crippen LogP contribution in [0.25, 0.3) is 0 Å². The third-order valence-corrected chi connectivity index (χ3v) is 3.87. The van der Waals surface area contributed by atoms with Crippen molar-refractivity contribution in [2.75, 3.05) is 5.43 Å². The van der Waals surface area contributed by atoms with Crippen LogP contribution in [0.3, 0.4) is 0 Å². The first-order chi connectivity index (χ1) is 10.3. The minimum absolute atomic E-state index is 0.736. The van der Waals surface area contributed by atoms with E-state index < -0.39 is 0 Å². The lowest BCUT2D eigenvalue weighted by molar-refractivity contribution is 0.730. The summed E-state index contributed by atoms with van der Waals surface area (Å²) in [5, 5.41) is 0. The highest BCUT2D eigenvalue weighted by Crippen LogP contribution is 2.17. The van der Waals surface area contributed by atoms with Crippen molar-refractivity contribution in [3.8, 4) is 0 Å². The average Bonchev–Trinajstić information content (AvgIpc) is 2.83. The summed E-state index contributed by atoms with van der Waals surface area (Å²) < 4.78 is 2.14. The van der Waals surface area contributed by atoms with Gasteiger partial charge in [0.25, 0.3) is 0 Å². The Kier molecular flexibility index (Phi) is 4.04. The van der Waals surface area contributed by atoms with E-state index in [1.54, 1.807) is 0 Å². The molecule has 2 aromatic rings. The first kappa shape index (κ1) is 13.9. The molecule has 21 heavy (non-hydrogen) atoms. The number of aliphatic imine (C=N–C) groups is 1. The molecule has 0 bridgehead atoms. The predicted octanol–water partition coefficient (Wildman–Crippen LogP) is 3.23. The summed E-state index contributed by atoms with van der Waals surface area (Å²) in [5.41, 5.74) is 7.09. The van der Waals surface area contributed by atoms with Gasteiger partial charge in [0.15, 0.2) is 0 Å². The number of benzene rings is 1. The molecular formula is C17H22N4. The molecule has 0 atom stereocenters. The Labute approximate surface area is 125 Å². The molecule has 0 saturated heterocycles. The Bertz CT molecular complexity index is 640. The van der Waals surface area contributed by atoms with Crippen molar-refractivity contribution >= 4 is 5.84 Å². The number of amidine groups is 1. The third kappa shape index (κ3) is 2.99. The summed E-state index contributed by atoms with van der Waals surface area (Å²) in [4.78, 5) is 9.33. The first-order valence-electron chi connectivity index (χ1n) is 7.69. The maximum absolute atomic E-state index is 4.66. The molecule has 0 saturated carbocycles. The zero-order valence-electron chi connectivity index (χ0n) is 12.8. The summed E-state index contributed by atoms with van der Waals surface area (Å²) in [6.07, 6.45) is 4.05. The molecule has 2 heterocycles. The lowest BCUT2D eigenvalue weighted by Gasteiger charge is -2.20. The van der Waals surface area contributed by atoms with Gasteiger partial charge >= 0.3 is 0 Å². The Hall–Kier alpha value is -2.10. The van der Waals surface area contributed by atoms with Crippen molar-refractivity contribution in [3.05, 3.63) is 53.1 Å². The predicted molar refractivity (Wildman–Crippen MR) is 86.2 cm³/mol. The Balaban J connectivity index is 1.69. The van der Waals surface area contributed by atoms with Gasteiger partial charge in [0.1, 0.15) is 11.7 Å². The molecule has 0 fully saturated rings. The van der Waals surface area contributed by atoms with E-state index in [1.165, 1.54) is 11.3 Å². The lowest BCUT2D eigenvalue weighted by Crippen LogP contribution is -2.30. The highest BCUT2D eigenvalue weighted by Gasteiger charge is 2.18. The van der Waals surface area contributed by atoms with E-state index in [0.29, 0.717) is 0 Å². The number of aryl methyl sites for hydroxylation is 3. The van der Waals surface area contributed by atoms with Crippen LogP contribution < -0.4 is 5.43 Å². The molecule has 3 rings (SSSR count). The molecule has 0 spiro atoms. The molecule has 0 radical (unpaired) electrons. The van der Waals surface area contributed by atoms with Crippen LogP contribution in [-0.2, 0) is 19.4 Å². The van der Waals surface area contributed by atoms with E-state index in [0.717, 1.165) is 49.6 Å². The number of rotatable bonds is 5. The van der Waals surface area contributed by atoms with Crippen LogP contribution in [-0.4, -0.2) is 15.5 Å². The highest BCUT2D eigenvalue weighted by atomic mass is 15.5. The quantitative estimate of drug-likeness (QED) is 0.915. The third-order valence-electron chi connectivity index (χ3n) is 3.87. The van der Waals surface area contributed by atoms with E-state index in [-0.39, 0.29) is 0 Å². The van der Waals surface area contributed by atoms with Crippen LogP contribution in [0.5, 0.6) is 0 Å². The normalized spacial score (nSPS) is 13.5. The summed E-state index contributed by atoms with van der Waals surface area (Å²) in [7, 11) is 0. The van der Waals surface area contributed by atoms with Crippen molar-refractivity contribution < 1.29 is 0 Å². The molecule has 0 amide bonds. The average molecular weight is 282 g/mol. The largest absolute Gasteiger partial charge is 0.280 e. The first-order valence-corrected chi connectivity index (χ1v) is 7.69. The zero-order chi connectivity index (χ0) is 14.7.